The van der Waals surface area contributed by atoms with Crippen molar-refractivity contribution in [1.29, 1.82) is 0 Å². The van der Waals surface area contributed by atoms with Crippen molar-refractivity contribution in [1.82, 2.24) is 5.32 Å². The summed E-state index contributed by atoms with van der Waals surface area (Å²) in [6.07, 6.45) is -0.511. The van der Waals surface area contributed by atoms with E-state index in [0.717, 1.165) is 11.0 Å². The van der Waals surface area contributed by atoms with Gasteiger partial charge in [-0.25, -0.2) is 0 Å². The van der Waals surface area contributed by atoms with Crippen LogP contribution in [0.3, 0.4) is 0 Å². The SMILES string of the molecule is C=C(C)C(=O)NCC(O)C[N+](C)(C)CC. The number of carbonyl (C=O) groups is 1. The summed E-state index contributed by atoms with van der Waals surface area (Å²) in [7, 11) is 4.09. The summed E-state index contributed by atoms with van der Waals surface area (Å²) in [5.74, 6) is -0.198. The van der Waals surface area contributed by atoms with Gasteiger partial charge in [-0.1, -0.05) is 6.58 Å². The number of aliphatic hydroxyl groups excluding tert-OH is 1. The van der Waals surface area contributed by atoms with E-state index < -0.39 is 6.10 Å². The van der Waals surface area contributed by atoms with Gasteiger partial charge in [0.1, 0.15) is 12.6 Å². The quantitative estimate of drug-likeness (QED) is 0.489. The van der Waals surface area contributed by atoms with Crippen molar-refractivity contribution in [2.24, 2.45) is 0 Å². The van der Waals surface area contributed by atoms with Crippen molar-refractivity contribution < 1.29 is 14.4 Å². The topological polar surface area (TPSA) is 49.3 Å². The molecule has 0 radical (unpaired) electrons. The summed E-state index contributed by atoms with van der Waals surface area (Å²) in [4.78, 5) is 11.2. The number of likely N-dealkylation sites (N-methyl/N-ethyl adjacent to an activating group) is 1. The molecule has 1 atom stereocenters. The fourth-order valence-corrected chi connectivity index (χ4v) is 1.13. The van der Waals surface area contributed by atoms with Gasteiger partial charge in [-0.2, -0.15) is 0 Å². The van der Waals surface area contributed by atoms with Crippen LogP contribution in [0.5, 0.6) is 0 Å². The van der Waals surface area contributed by atoms with Crippen LogP contribution in [0.4, 0.5) is 0 Å². The van der Waals surface area contributed by atoms with E-state index in [1.165, 1.54) is 0 Å². The molecule has 0 aromatic rings. The van der Waals surface area contributed by atoms with Gasteiger partial charge in [-0.15, -0.1) is 0 Å². The smallest absolute Gasteiger partial charge is 0.246 e. The van der Waals surface area contributed by atoms with Gasteiger partial charge in [0.05, 0.1) is 20.6 Å². The Morgan fingerprint density at radius 2 is 2.07 bits per heavy atom. The lowest BCUT2D eigenvalue weighted by molar-refractivity contribution is -0.891. The number of aliphatic hydroxyl groups is 1. The Labute approximate surface area is 92.2 Å². The highest BCUT2D eigenvalue weighted by atomic mass is 16.3. The van der Waals surface area contributed by atoms with Crippen LogP contribution in [-0.4, -0.2) is 55.3 Å². The molecule has 0 saturated heterocycles. The molecule has 1 amide bonds. The standard InChI is InChI=1S/C11H22N2O2/c1-6-13(4,5)8-10(14)7-12-11(15)9(2)3/h10,14H,2,6-8H2,1,3-5H3/p+1. The number of hydrogen-bond donors (Lipinski definition) is 2. The Morgan fingerprint density at radius 1 is 1.53 bits per heavy atom. The van der Waals surface area contributed by atoms with E-state index in [4.69, 9.17) is 0 Å². The first kappa shape index (κ1) is 14.1. The average molecular weight is 215 g/mol. The molecule has 2 N–H and O–H groups in total. The van der Waals surface area contributed by atoms with Crippen LogP contribution in [0.1, 0.15) is 13.8 Å². The molecule has 0 aliphatic carbocycles. The van der Waals surface area contributed by atoms with Crippen LogP contribution in [0.25, 0.3) is 0 Å². The van der Waals surface area contributed by atoms with Crippen molar-refractivity contribution in [2.45, 2.75) is 20.0 Å². The van der Waals surface area contributed by atoms with E-state index in [1.54, 1.807) is 6.92 Å². The molecule has 15 heavy (non-hydrogen) atoms. The van der Waals surface area contributed by atoms with E-state index in [-0.39, 0.29) is 12.5 Å². The van der Waals surface area contributed by atoms with Crippen LogP contribution >= 0.6 is 0 Å². The molecule has 0 aliphatic rings. The Hall–Kier alpha value is -0.870. The van der Waals surface area contributed by atoms with Gasteiger partial charge in [0.15, 0.2) is 0 Å². The van der Waals surface area contributed by atoms with Crippen molar-refractivity contribution in [2.75, 3.05) is 33.7 Å². The molecule has 0 spiro atoms. The second-order valence-electron chi connectivity index (χ2n) is 4.58. The molecular formula is C11H23N2O2+. The fourth-order valence-electron chi connectivity index (χ4n) is 1.13. The number of rotatable bonds is 6. The van der Waals surface area contributed by atoms with E-state index >= 15 is 0 Å². The summed E-state index contributed by atoms with van der Waals surface area (Å²) in [5, 5.41) is 12.3. The van der Waals surface area contributed by atoms with Gasteiger partial charge in [-0.3, -0.25) is 4.79 Å². The number of nitrogens with one attached hydrogen (secondary N) is 1. The molecule has 0 heterocycles. The second kappa shape index (κ2) is 5.88. The Morgan fingerprint density at radius 3 is 2.47 bits per heavy atom. The van der Waals surface area contributed by atoms with Crippen LogP contribution < -0.4 is 5.32 Å². The number of quaternary nitrogens is 1. The molecule has 0 aromatic carbocycles. The Balaban J connectivity index is 3.90. The maximum absolute atomic E-state index is 11.2. The van der Waals surface area contributed by atoms with Crippen LogP contribution in [0.15, 0.2) is 12.2 Å². The third-order valence-electron chi connectivity index (χ3n) is 2.45. The first-order chi connectivity index (χ1) is 6.78. The van der Waals surface area contributed by atoms with E-state index in [2.05, 4.69) is 18.8 Å². The predicted octanol–water partition coefficient (Wildman–Crippen LogP) is 0.136. The first-order valence-corrected chi connectivity index (χ1v) is 5.22. The van der Waals surface area contributed by atoms with E-state index in [1.807, 2.05) is 14.1 Å². The molecular weight excluding hydrogens is 192 g/mol. The third kappa shape index (κ3) is 6.25. The van der Waals surface area contributed by atoms with Gasteiger partial charge in [0.2, 0.25) is 5.91 Å². The highest BCUT2D eigenvalue weighted by Crippen LogP contribution is 1.98. The zero-order valence-corrected chi connectivity index (χ0v) is 10.2. The van der Waals surface area contributed by atoms with Crippen LogP contribution in [0, 0.1) is 0 Å². The summed E-state index contributed by atoms with van der Waals surface area (Å²) >= 11 is 0. The Kier molecular flexibility index (Phi) is 5.54. The maximum atomic E-state index is 11.2. The molecule has 0 rings (SSSR count). The third-order valence-corrected chi connectivity index (χ3v) is 2.45. The predicted molar refractivity (Wildman–Crippen MR) is 61.3 cm³/mol. The molecule has 0 aromatic heterocycles. The number of hydrogen-bond acceptors (Lipinski definition) is 2. The van der Waals surface area contributed by atoms with Gasteiger partial charge in [-0.05, 0) is 13.8 Å². The highest BCUT2D eigenvalue weighted by molar-refractivity contribution is 5.92. The van der Waals surface area contributed by atoms with Crippen LogP contribution in [0.2, 0.25) is 0 Å². The number of amides is 1. The zero-order valence-electron chi connectivity index (χ0n) is 10.2. The lowest BCUT2D eigenvalue weighted by Gasteiger charge is -2.30. The monoisotopic (exact) mass is 215 g/mol. The minimum Gasteiger partial charge on any atom is -0.385 e. The summed E-state index contributed by atoms with van der Waals surface area (Å²) in [6, 6.07) is 0. The molecule has 0 aliphatic heterocycles. The summed E-state index contributed by atoms with van der Waals surface area (Å²) in [6.45, 7) is 9.11. The van der Waals surface area contributed by atoms with E-state index in [0.29, 0.717) is 12.1 Å². The molecule has 0 fully saturated rings. The van der Waals surface area contributed by atoms with Gasteiger partial charge >= 0.3 is 0 Å². The maximum Gasteiger partial charge on any atom is 0.246 e. The average Bonchev–Trinajstić information content (AvgIpc) is 2.13. The summed E-state index contributed by atoms with van der Waals surface area (Å²) < 4.78 is 0.740. The molecule has 4 heteroatoms. The lowest BCUT2D eigenvalue weighted by Crippen LogP contribution is -2.48. The van der Waals surface area contributed by atoms with Gasteiger partial charge < -0.3 is 14.9 Å². The fraction of sp³-hybridized carbons (Fsp3) is 0.727. The summed E-state index contributed by atoms with van der Waals surface area (Å²) in [5.41, 5.74) is 0.464. The van der Waals surface area contributed by atoms with Crippen molar-refractivity contribution in [3.8, 4) is 0 Å². The Bertz CT molecular complexity index is 237. The lowest BCUT2D eigenvalue weighted by atomic mass is 10.2. The minimum atomic E-state index is -0.511. The molecule has 88 valence electrons. The van der Waals surface area contributed by atoms with Crippen LogP contribution in [-0.2, 0) is 4.79 Å². The highest BCUT2D eigenvalue weighted by Gasteiger charge is 2.18. The van der Waals surface area contributed by atoms with Crippen molar-refractivity contribution in [3.63, 3.8) is 0 Å². The second-order valence-corrected chi connectivity index (χ2v) is 4.58. The first-order valence-electron chi connectivity index (χ1n) is 5.22. The normalized spacial score (nSPS) is 13.4. The molecule has 1 unspecified atom stereocenters. The largest absolute Gasteiger partial charge is 0.385 e. The molecule has 0 bridgehead atoms. The minimum absolute atomic E-state index is 0.198. The van der Waals surface area contributed by atoms with Gasteiger partial charge in [0.25, 0.3) is 0 Å². The van der Waals surface area contributed by atoms with Crippen molar-refractivity contribution in [3.05, 3.63) is 12.2 Å². The van der Waals surface area contributed by atoms with Crippen molar-refractivity contribution >= 4 is 5.91 Å². The molecule has 0 saturated carbocycles. The number of nitrogens with zero attached hydrogens (tertiary/aromatic N) is 1. The molecule has 4 nitrogen and oxygen atoms in total. The number of carbonyl (C=O) groups excluding carboxylic acids is 1. The zero-order chi connectivity index (χ0) is 12.1. The van der Waals surface area contributed by atoms with E-state index in [9.17, 15) is 9.90 Å². The van der Waals surface area contributed by atoms with Gasteiger partial charge in [0, 0.05) is 12.1 Å².